The van der Waals surface area contributed by atoms with E-state index in [4.69, 9.17) is 0 Å². The second-order valence-corrected chi connectivity index (χ2v) is 6.44. The lowest BCUT2D eigenvalue weighted by atomic mass is 10.1. The molecule has 2 heterocycles. The van der Waals surface area contributed by atoms with Gasteiger partial charge in [0.05, 0.1) is 5.52 Å². The highest BCUT2D eigenvalue weighted by atomic mass is 19.1. The third-order valence-electron chi connectivity index (χ3n) is 4.30. The molecule has 0 bridgehead atoms. The van der Waals surface area contributed by atoms with Crippen LogP contribution in [0.25, 0.3) is 10.9 Å². The van der Waals surface area contributed by atoms with Gasteiger partial charge in [0, 0.05) is 17.1 Å². The molecule has 4 rings (SSSR count). The van der Waals surface area contributed by atoms with E-state index >= 15 is 0 Å². The Morgan fingerprint density at radius 1 is 1.14 bits per heavy atom. The molecule has 0 saturated heterocycles. The van der Waals surface area contributed by atoms with Crippen LogP contribution in [0.3, 0.4) is 0 Å². The Labute approximate surface area is 164 Å². The molecule has 9 heteroatoms. The molecule has 4 N–H and O–H groups in total. The molecule has 29 heavy (non-hydrogen) atoms. The second kappa shape index (κ2) is 7.55. The fraction of sp³-hybridized carbons (Fsp3) is 0.100. The molecule has 146 valence electrons. The Balaban J connectivity index is 1.84. The van der Waals surface area contributed by atoms with Crippen molar-refractivity contribution in [2.24, 2.45) is 0 Å². The molecule has 0 saturated carbocycles. The topological polar surface area (TPSA) is 116 Å². The molecule has 8 nitrogen and oxygen atoms in total. The van der Waals surface area contributed by atoms with E-state index in [1.54, 1.807) is 0 Å². The van der Waals surface area contributed by atoms with Crippen molar-refractivity contribution in [1.29, 1.82) is 0 Å². The molecule has 1 atom stereocenters. The van der Waals surface area contributed by atoms with Gasteiger partial charge in [0.2, 0.25) is 0 Å². The predicted octanol–water partition coefficient (Wildman–Crippen LogP) is 3.90. The summed E-state index contributed by atoms with van der Waals surface area (Å²) in [5, 5.41) is 22.6. The largest absolute Gasteiger partial charge is 0.465 e. The number of aromatic amines is 1. The zero-order valence-corrected chi connectivity index (χ0v) is 15.3. The lowest BCUT2D eigenvalue weighted by Crippen LogP contribution is -2.29. The third-order valence-corrected chi connectivity index (χ3v) is 4.30. The molecular formula is C20H17FN6O2. The van der Waals surface area contributed by atoms with Gasteiger partial charge in [0.25, 0.3) is 0 Å². The number of nitrogens with one attached hydrogen (secondary N) is 3. The van der Waals surface area contributed by atoms with Gasteiger partial charge in [-0.1, -0.05) is 24.3 Å². The fourth-order valence-electron chi connectivity index (χ4n) is 3.00. The van der Waals surface area contributed by atoms with Crippen molar-refractivity contribution in [2.45, 2.75) is 13.0 Å². The van der Waals surface area contributed by atoms with Crippen molar-refractivity contribution in [3.63, 3.8) is 0 Å². The van der Waals surface area contributed by atoms with E-state index in [1.165, 1.54) is 24.3 Å². The van der Waals surface area contributed by atoms with E-state index in [0.717, 1.165) is 11.1 Å². The Morgan fingerprint density at radius 3 is 2.59 bits per heavy atom. The SMILES string of the molecule is Cc1cc(Nc2nc(C(NC(=O)O)c3ccc(F)cc3)nc3ccccc23)n[nH]1. The van der Waals surface area contributed by atoms with Gasteiger partial charge in [-0.3, -0.25) is 5.10 Å². The summed E-state index contributed by atoms with van der Waals surface area (Å²) < 4.78 is 13.3. The van der Waals surface area contributed by atoms with Crippen LogP contribution in [-0.2, 0) is 0 Å². The third kappa shape index (κ3) is 3.98. The van der Waals surface area contributed by atoms with Crippen LogP contribution >= 0.6 is 0 Å². The van der Waals surface area contributed by atoms with E-state index in [-0.39, 0.29) is 5.82 Å². The van der Waals surface area contributed by atoms with Crippen molar-refractivity contribution in [2.75, 3.05) is 5.32 Å². The van der Waals surface area contributed by atoms with Crippen LogP contribution in [0.1, 0.15) is 23.1 Å². The quantitative estimate of drug-likeness (QED) is 0.409. The fourth-order valence-corrected chi connectivity index (χ4v) is 3.00. The van der Waals surface area contributed by atoms with E-state index in [9.17, 15) is 14.3 Å². The van der Waals surface area contributed by atoms with Gasteiger partial charge >= 0.3 is 6.09 Å². The number of hydrogen-bond acceptors (Lipinski definition) is 5. The summed E-state index contributed by atoms with van der Waals surface area (Å²) in [6.07, 6.45) is -1.24. The van der Waals surface area contributed by atoms with Crippen molar-refractivity contribution >= 4 is 28.6 Å². The van der Waals surface area contributed by atoms with Gasteiger partial charge in [-0.15, -0.1) is 0 Å². The van der Waals surface area contributed by atoms with Crippen molar-refractivity contribution in [3.8, 4) is 0 Å². The van der Waals surface area contributed by atoms with Crippen LogP contribution in [0.4, 0.5) is 20.8 Å². The number of rotatable bonds is 5. The van der Waals surface area contributed by atoms with Crippen LogP contribution in [0, 0.1) is 12.7 Å². The number of aryl methyl sites for hydroxylation is 1. The molecule has 0 aliphatic heterocycles. The summed E-state index contributed by atoms with van der Waals surface area (Å²) in [7, 11) is 0. The number of para-hydroxylation sites is 1. The minimum atomic E-state index is -1.24. The Morgan fingerprint density at radius 2 is 1.90 bits per heavy atom. The number of anilines is 2. The standard InChI is InChI=1S/C20H17FN6O2/c1-11-10-16(27-26-11)23-18-14-4-2-3-5-15(14)22-19(25-18)17(24-20(28)29)12-6-8-13(21)9-7-12/h2-10,17,24H,1H3,(H,28,29)(H2,22,23,25,26,27). The maximum absolute atomic E-state index is 13.3. The summed E-state index contributed by atoms with van der Waals surface area (Å²) in [5.41, 5.74) is 2.03. The summed E-state index contributed by atoms with van der Waals surface area (Å²) in [4.78, 5) is 20.5. The number of fused-ring (bicyclic) bond motifs is 1. The molecular weight excluding hydrogens is 375 g/mol. The summed E-state index contributed by atoms with van der Waals surface area (Å²) >= 11 is 0. The number of aromatic nitrogens is 4. The number of H-pyrrole nitrogens is 1. The Hall–Kier alpha value is -4.01. The lowest BCUT2D eigenvalue weighted by molar-refractivity contribution is 0.191. The smallest absolute Gasteiger partial charge is 0.405 e. The summed E-state index contributed by atoms with van der Waals surface area (Å²) in [6, 6.07) is 13.8. The normalized spacial score (nSPS) is 11.9. The molecule has 0 spiro atoms. The Kier molecular flexibility index (Phi) is 4.78. The average Bonchev–Trinajstić information content (AvgIpc) is 3.11. The molecule has 0 radical (unpaired) electrons. The molecule has 1 unspecified atom stereocenters. The zero-order chi connectivity index (χ0) is 20.4. The first kappa shape index (κ1) is 18.4. The molecule has 0 fully saturated rings. The maximum Gasteiger partial charge on any atom is 0.405 e. The minimum Gasteiger partial charge on any atom is -0.465 e. The highest BCUT2D eigenvalue weighted by Crippen LogP contribution is 2.27. The van der Waals surface area contributed by atoms with Gasteiger partial charge < -0.3 is 15.7 Å². The van der Waals surface area contributed by atoms with Crippen molar-refractivity contribution in [1.82, 2.24) is 25.5 Å². The first-order valence-electron chi connectivity index (χ1n) is 8.80. The molecule has 1 amide bonds. The molecule has 2 aromatic heterocycles. The van der Waals surface area contributed by atoms with Gasteiger partial charge in [0.1, 0.15) is 17.7 Å². The highest BCUT2D eigenvalue weighted by Gasteiger charge is 2.22. The van der Waals surface area contributed by atoms with Crippen molar-refractivity contribution in [3.05, 3.63) is 77.5 Å². The first-order chi connectivity index (χ1) is 14.0. The monoisotopic (exact) mass is 392 g/mol. The number of amides is 1. The molecule has 4 aromatic rings. The number of carboxylic acid groups (broad SMARTS) is 1. The molecule has 0 aliphatic rings. The Bertz CT molecular complexity index is 1180. The summed E-state index contributed by atoms with van der Waals surface area (Å²) in [5.74, 6) is 0.865. The average molecular weight is 392 g/mol. The summed E-state index contributed by atoms with van der Waals surface area (Å²) in [6.45, 7) is 1.88. The maximum atomic E-state index is 13.3. The minimum absolute atomic E-state index is 0.229. The number of hydrogen-bond donors (Lipinski definition) is 4. The number of carbonyl (C=O) groups is 1. The van der Waals surface area contributed by atoms with E-state index in [2.05, 4.69) is 30.8 Å². The second-order valence-electron chi connectivity index (χ2n) is 6.44. The van der Waals surface area contributed by atoms with Gasteiger partial charge in [-0.2, -0.15) is 5.10 Å². The van der Waals surface area contributed by atoms with Gasteiger partial charge in [-0.05, 0) is 36.8 Å². The molecule has 2 aromatic carbocycles. The molecule has 0 aliphatic carbocycles. The van der Waals surface area contributed by atoms with Crippen LogP contribution in [0.15, 0.2) is 54.6 Å². The van der Waals surface area contributed by atoms with E-state index in [0.29, 0.717) is 22.7 Å². The lowest BCUT2D eigenvalue weighted by Gasteiger charge is -2.18. The van der Waals surface area contributed by atoms with Gasteiger partial charge in [-0.25, -0.2) is 19.2 Å². The predicted molar refractivity (Wildman–Crippen MR) is 106 cm³/mol. The number of benzene rings is 2. The van der Waals surface area contributed by atoms with Crippen LogP contribution in [0.2, 0.25) is 0 Å². The zero-order valence-electron chi connectivity index (χ0n) is 15.3. The van der Waals surface area contributed by atoms with Crippen molar-refractivity contribution < 1.29 is 14.3 Å². The van der Waals surface area contributed by atoms with Crippen LogP contribution in [0.5, 0.6) is 0 Å². The highest BCUT2D eigenvalue weighted by molar-refractivity contribution is 5.90. The van der Waals surface area contributed by atoms with Crippen LogP contribution < -0.4 is 10.6 Å². The first-order valence-corrected chi connectivity index (χ1v) is 8.80. The van der Waals surface area contributed by atoms with E-state index in [1.807, 2.05) is 37.3 Å². The van der Waals surface area contributed by atoms with E-state index < -0.39 is 18.0 Å². The van der Waals surface area contributed by atoms with Crippen LogP contribution in [-0.4, -0.2) is 31.4 Å². The van der Waals surface area contributed by atoms with Gasteiger partial charge in [0.15, 0.2) is 11.6 Å². The number of halogens is 1. The number of nitrogens with zero attached hydrogens (tertiary/aromatic N) is 3.